The van der Waals surface area contributed by atoms with Crippen LogP contribution in [0.2, 0.25) is 0 Å². The number of nitrogens with zero attached hydrogens (tertiary/aromatic N) is 1. The molecule has 2 aromatic carbocycles. The van der Waals surface area contributed by atoms with Gasteiger partial charge in [0.1, 0.15) is 11.6 Å². The lowest BCUT2D eigenvalue weighted by atomic mass is 10.1. The summed E-state index contributed by atoms with van der Waals surface area (Å²) in [6.45, 7) is 2.96. The molecule has 0 unspecified atom stereocenters. The summed E-state index contributed by atoms with van der Waals surface area (Å²) in [5.41, 5.74) is 8.13. The lowest BCUT2D eigenvalue weighted by Gasteiger charge is -2.25. The van der Waals surface area contributed by atoms with Crippen LogP contribution in [0.1, 0.15) is 12.5 Å². The van der Waals surface area contributed by atoms with Crippen molar-refractivity contribution in [3.05, 3.63) is 53.8 Å². The summed E-state index contributed by atoms with van der Waals surface area (Å²) in [5.74, 6) is -0.0940. The Morgan fingerprint density at radius 1 is 1.21 bits per heavy atom. The molecule has 0 aromatic heterocycles. The van der Waals surface area contributed by atoms with Crippen molar-refractivity contribution in [2.75, 3.05) is 11.4 Å². The normalized spacial score (nSPS) is 10.5. The molecule has 0 atom stereocenters. The van der Waals surface area contributed by atoms with E-state index >= 15 is 0 Å². The van der Waals surface area contributed by atoms with Crippen LogP contribution in [-0.2, 0) is 6.54 Å². The van der Waals surface area contributed by atoms with Gasteiger partial charge in [-0.25, -0.2) is 4.39 Å². The maximum Gasteiger partial charge on any atom is 0.123 e. The predicted octanol–water partition coefficient (Wildman–Crippen LogP) is 3.15. The zero-order chi connectivity index (χ0) is 13.8. The van der Waals surface area contributed by atoms with Gasteiger partial charge in [-0.3, -0.25) is 0 Å². The fraction of sp³-hybridized carbons (Fsp3) is 0.200. The molecule has 0 amide bonds. The number of phenolic OH excluding ortho intramolecular Hbond substituents is 1. The first kappa shape index (κ1) is 13.4. The van der Waals surface area contributed by atoms with Gasteiger partial charge < -0.3 is 15.7 Å². The Hall–Kier alpha value is -2.07. The van der Waals surface area contributed by atoms with Crippen molar-refractivity contribution in [3.63, 3.8) is 0 Å². The monoisotopic (exact) mass is 260 g/mol. The molecule has 100 valence electrons. The van der Waals surface area contributed by atoms with E-state index in [1.165, 1.54) is 12.1 Å². The lowest BCUT2D eigenvalue weighted by molar-refractivity contribution is 0.475. The fourth-order valence-electron chi connectivity index (χ4n) is 2.13. The Morgan fingerprint density at radius 2 is 2.00 bits per heavy atom. The zero-order valence-electron chi connectivity index (χ0n) is 10.8. The highest BCUT2D eigenvalue weighted by Gasteiger charge is 2.12. The number of halogens is 1. The molecule has 4 heteroatoms. The molecule has 0 aliphatic carbocycles. The Kier molecular flexibility index (Phi) is 4.02. The highest BCUT2D eigenvalue weighted by atomic mass is 19.1. The maximum atomic E-state index is 13.3. The van der Waals surface area contributed by atoms with Gasteiger partial charge in [-0.05, 0) is 42.8 Å². The third kappa shape index (κ3) is 2.85. The predicted molar refractivity (Wildman–Crippen MR) is 75.1 cm³/mol. The number of hydrogen-bond donors (Lipinski definition) is 2. The van der Waals surface area contributed by atoms with E-state index in [0.717, 1.165) is 16.9 Å². The van der Waals surface area contributed by atoms with Crippen LogP contribution in [0.15, 0.2) is 42.5 Å². The van der Waals surface area contributed by atoms with Gasteiger partial charge in [0.2, 0.25) is 0 Å². The van der Waals surface area contributed by atoms with Crippen molar-refractivity contribution in [2.45, 2.75) is 13.5 Å². The lowest BCUT2D eigenvalue weighted by Crippen LogP contribution is -2.18. The van der Waals surface area contributed by atoms with Crippen LogP contribution in [0.5, 0.6) is 5.75 Å². The van der Waals surface area contributed by atoms with Crippen molar-refractivity contribution in [2.24, 2.45) is 5.73 Å². The number of hydrogen-bond acceptors (Lipinski definition) is 3. The third-order valence-electron chi connectivity index (χ3n) is 3.01. The van der Waals surface area contributed by atoms with E-state index in [4.69, 9.17) is 5.73 Å². The Labute approximate surface area is 112 Å². The Bertz CT molecular complexity index is 572. The first-order chi connectivity index (χ1) is 9.15. The molecule has 3 nitrogen and oxygen atoms in total. The van der Waals surface area contributed by atoms with E-state index in [1.807, 2.05) is 17.9 Å². The van der Waals surface area contributed by atoms with Crippen LogP contribution in [-0.4, -0.2) is 11.7 Å². The van der Waals surface area contributed by atoms with Crippen LogP contribution in [0.4, 0.5) is 15.8 Å². The molecule has 2 aromatic rings. The van der Waals surface area contributed by atoms with Crippen LogP contribution in [0, 0.1) is 5.82 Å². The summed E-state index contributed by atoms with van der Waals surface area (Å²) in [6.07, 6.45) is 0. The van der Waals surface area contributed by atoms with Crippen molar-refractivity contribution in [1.82, 2.24) is 0 Å². The van der Waals surface area contributed by atoms with Gasteiger partial charge in [-0.15, -0.1) is 0 Å². The maximum absolute atomic E-state index is 13.3. The highest BCUT2D eigenvalue weighted by Crippen LogP contribution is 2.30. The van der Waals surface area contributed by atoms with E-state index in [2.05, 4.69) is 0 Å². The van der Waals surface area contributed by atoms with Crippen molar-refractivity contribution in [3.8, 4) is 5.75 Å². The number of benzene rings is 2. The van der Waals surface area contributed by atoms with Gasteiger partial charge >= 0.3 is 0 Å². The van der Waals surface area contributed by atoms with Gasteiger partial charge in [0.05, 0.1) is 0 Å². The zero-order valence-corrected chi connectivity index (χ0v) is 10.8. The van der Waals surface area contributed by atoms with Gasteiger partial charge in [-0.1, -0.05) is 6.07 Å². The second-order valence-corrected chi connectivity index (χ2v) is 4.24. The van der Waals surface area contributed by atoms with Gasteiger partial charge in [-0.2, -0.15) is 0 Å². The first-order valence-electron chi connectivity index (χ1n) is 6.20. The summed E-state index contributed by atoms with van der Waals surface area (Å²) in [5, 5.41) is 9.56. The SMILES string of the molecule is CCN(c1cccc(O)c1)c1ccc(F)cc1CN. The Morgan fingerprint density at radius 3 is 2.63 bits per heavy atom. The molecular formula is C15H17FN2O. The molecule has 0 aliphatic rings. The molecule has 0 saturated heterocycles. The minimum Gasteiger partial charge on any atom is -0.508 e. The molecule has 0 bridgehead atoms. The quantitative estimate of drug-likeness (QED) is 0.887. The standard InChI is InChI=1S/C15H17FN2O/c1-2-18(13-4-3-5-14(19)9-13)15-7-6-12(16)8-11(15)10-17/h3-9,19H,2,10,17H2,1H3. The van der Waals surface area contributed by atoms with Crippen molar-refractivity contribution in [1.29, 1.82) is 0 Å². The fourth-order valence-corrected chi connectivity index (χ4v) is 2.13. The largest absolute Gasteiger partial charge is 0.508 e. The van der Waals surface area contributed by atoms with Crippen LogP contribution in [0.25, 0.3) is 0 Å². The van der Waals surface area contributed by atoms with E-state index in [0.29, 0.717) is 6.54 Å². The van der Waals surface area contributed by atoms with Gasteiger partial charge in [0, 0.05) is 30.5 Å². The molecular weight excluding hydrogens is 243 g/mol. The van der Waals surface area contributed by atoms with E-state index in [9.17, 15) is 9.50 Å². The summed E-state index contributed by atoms with van der Waals surface area (Å²) < 4.78 is 13.3. The molecule has 2 rings (SSSR count). The topological polar surface area (TPSA) is 49.5 Å². The number of anilines is 2. The second-order valence-electron chi connectivity index (χ2n) is 4.24. The van der Waals surface area contributed by atoms with Crippen LogP contribution >= 0.6 is 0 Å². The number of nitrogens with two attached hydrogens (primary N) is 1. The summed E-state index contributed by atoms with van der Waals surface area (Å²) in [7, 11) is 0. The molecule has 0 radical (unpaired) electrons. The molecule has 0 fully saturated rings. The van der Waals surface area contributed by atoms with E-state index < -0.39 is 0 Å². The van der Waals surface area contributed by atoms with Gasteiger partial charge in [0.15, 0.2) is 0 Å². The molecule has 0 saturated carbocycles. The van der Waals surface area contributed by atoms with Crippen LogP contribution in [0.3, 0.4) is 0 Å². The molecule has 0 spiro atoms. The average molecular weight is 260 g/mol. The van der Waals surface area contributed by atoms with Crippen molar-refractivity contribution < 1.29 is 9.50 Å². The molecule has 19 heavy (non-hydrogen) atoms. The Balaban J connectivity index is 2.48. The highest BCUT2D eigenvalue weighted by molar-refractivity contribution is 5.67. The molecule has 0 aliphatic heterocycles. The minimum atomic E-state index is -0.295. The molecule has 0 heterocycles. The summed E-state index contributed by atoms with van der Waals surface area (Å²) in [6, 6.07) is 11.5. The summed E-state index contributed by atoms with van der Waals surface area (Å²) in [4.78, 5) is 1.99. The second kappa shape index (κ2) is 5.71. The van der Waals surface area contributed by atoms with Gasteiger partial charge in [0.25, 0.3) is 0 Å². The van der Waals surface area contributed by atoms with E-state index in [1.54, 1.807) is 24.3 Å². The smallest absolute Gasteiger partial charge is 0.123 e. The number of phenols is 1. The number of rotatable bonds is 4. The summed E-state index contributed by atoms with van der Waals surface area (Å²) >= 11 is 0. The average Bonchev–Trinajstić information content (AvgIpc) is 2.41. The minimum absolute atomic E-state index is 0.201. The first-order valence-corrected chi connectivity index (χ1v) is 6.20. The van der Waals surface area contributed by atoms with E-state index in [-0.39, 0.29) is 18.1 Å². The van der Waals surface area contributed by atoms with Crippen molar-refractivity contribution >= 4 is 11.4 Å². The third-order valence-corrected chi connectivity index (χ3v) is 3.01. The van der Waals surface area contributed by atoms with Crippen LogP contribution < -0.4 is 10.6 Å². The molecule has 3 N–H and O–H groups in total. The number of aromatic hydroxyl groups is 1.